The molecule has 0 spiro atoms. The summed E-state index contributed by atoms with van der Waals surface area (Å²) in [6.07, 6.45) is 0.553. The largest absolute Gasteiger partial charge is 0.321 e. The number of benzene rings is 1. The number of hydrogen-bond donors (Lipinski definition) is 1. The fraction of sp³-hybridized carbons (Fsp3) is 0.0769. The van der Waals surface area contributed by atoms with Crippen molar-refractivity contribution in [3.63, 3.8) is 0 Å². The van der Waals surface area contributed by atoms with Gasteiger partial charge in [0.05, 0.1) is 5.56 Å². The Kier molecular flexibility index (Phi) is 2.68. The monoisotopic (exact) mass is 213 g/mol. The molecule has 3 heteroatoms. The van der Waals surface area contributed by atoms with Gasteiger partial charge in [0, 0.05) is 5.69 Å². The molecule has 16 heavy (non-hydrogen) atoms. The summed E-state index contributed by atoms with van der Waals surface area (Å²) in [5.41, 5.74) is 2.61. The Labute approximate surface area is 92.8 Å². The van der Waals surface area contributed by atoms with E-state index in [0.717, 1.165) is 16.8 Å². The van der Waals surface area contributed by atoms with Crippen molar-refractivity contribution >= 4 is 6.29 Å². The predicted octanol–water partition coefficient (Wildman–Crippen LogP) is 2.16. The second-order valence-electron chi connectivity index (χ2n) is 3.64. The van der Waals surface area contributed by atoms with Crippen LogP contribution in [0.1, 0.15) is 15.9 Å². The van der Waals surface area contributed by atoms with Gasteiger partial charge in [-0.05, 0) is 24.6 Å². The highest BCUT2D eigenvalue weighted by atomic mass is 16.1. The molecule has 2 rings (SSSR count). The topological polar surface area (TPSA) is 49.9 Å². The van der Waals surface area contributed by atoms with E-state index in [1.165, 1.54) is 6.07 Å². The van der Waals surface area contributed by atoms with Gasteiger partial charge < -0.3 is 4.98 Å². The van der Waals surface area contributed by atoms with Gasteiger partial charge in [0.1, 0.15) is 0 Å². The molecule has 0 aliphatic carbocycles. The molecule has 2 aromatic rings. The van der Waals surface area contributed by atoms with Crippen LogP contribution in [0, 0.1) is 6.92 Å². The minimum atomic E-state index is -0.354. The number of rotatable bonds is 2. The maximum Gasteiger partial charge on any atom is 0.258 e. The van der Waals surface area contributed by atoms with Gasteiger partial charge in [-0.2, -0.15) is 0 Å². The first kappa shape index (κ1) is 10.4. The molecule has 0 saturated heterocycles. The van der Waals surface area contributed by atoms with Crippen LogP contribution in [0.4, 0.5) is 0 Å². The van der Waals surface area contributed by atoms with E-state index in [0.29, 0.717) is 6.29 Å². The fourth-order valence-corrected chi connectivity index (χ4v) is 1.48. The molecule has 3 nitrogen and oxygen atoms in total. The minimum absolute atomic E-state index is 0.149. The molecule has 0 unspecified atom stereocenters. The first-order valence-corrected chi connectivity index (χ1v) is 4.96. The molecule has 1 aromatic carbocycles. The number of hydrogen-bond acceptors (Lipinski definition) is 2. The highest BCUT2D eigenvalue weighted by molar-refractivity contribution is 5.75. The summed E-state index contributed by atoms with van der Waals surface area (Å²) in [5, 5.41) is 0. The van der Waals surface area contributed by atoms with E-state index in [4.69, 9.17) is 0 Å². The molecule has 0 fully saturated rings. The molecular weight excluding hydrogens is 202 g/mol. The van der Waals surface area contributed by atoms with Crippen molar-refractivity contribution < 1.29 is 4.79 Å². The van der Waals surface area contributed by atoms with Gasteiger partial charge in [0.15, 0.2) is 6.29 Å². The Morgan fingerprint density at radius 3 is 2.31 bits per heavy atom. The Bertz CT molecular complexity index is 567. The molecule has 1 heterocycles. The number of aryl methyl sites for hydroxylation is 1. The number of aromatic nitrogens is 1. The lowest BCUT2D eigenvalue weighted by Gasteiger charge is -2.02. The summed E-state index contributed by atoms with van der Waals surface area (Å²) in [7, 11) is 0. The third-order valence-electron chi connectivity index (χ3n) is 2.43. The smallest absolute Gasteiger partial charge is 0.258 e. The van der Waals surface area contributed by atoms with Crippen LogP contribution in [0.25, 0.3) is 11.3 Å². The summed E-state index contributed by atoms with van der Waals surface area (Å²) in [5.74, 6) is 0. The summed E-state index contributed by atoms with van der Waals surface area (Å²) in [6.45, 7) is 2.00. The number of carbonyl (C=O) groups is 1. The predicted molar refractivity (Wildman–Crippen MR) is 62.6 cm³/mol. The molecule has 0 bridgehead atoms. The van der Waals surface area contributed by atoms with Crippen molar-refractivity contribution in [1.82, 2.24) is 4.98 Å². The van der Waals surface area contributed by atoms with Crippen molar-refractivity contribution in [1.29, 1.82) is 0 Å². The normalized spacial score (nSPS) is 10.1. The Morgan fingerprint density at radius 2 is 1.75 bits per heavy atom. The third kappa shape index (κ3) is 1.93. The first-order valence-electron chi connectivity index (χ1n) is 4.96. The average Bonchev–Trinajstić information content (AvgIpc) is 2.30. The molecule has 0 atom stereocenters. The number of carbonyl (C=O) groups excluding carboxylic acids is 1. The second-order valence-corrected chi connectivity index (χ2v) is 3.64. The first-order chi connectivity index (χ1) is 7.70. The van der Waals surface area contributed by atoms with Gasteiger partial charge in [-0.1, -0.05) is 29.8 Å². The molecule has 0 aliphatic rings. The number of aldehydes is 1. The molecule has 0 aliphatic heterocycles. The van der Waals surface area contributed by atoms with Crippen molar-refractivity contribution in [3.8, 4) is 11.3 Å². The Balaban J connectivity index is 2.49. The van der Waals surface area contributed by atoms with Crippen molar-refractivity contribution in [2.24, 2.45) is 0 Å². The van der Waals surface area contributed by atoms with Crippen LogP contribution in [0.15, 0.2) is 41.2 Å². The summed E-state index contributed by atoms with van der Waals surface area (Å²) < 4.78 is 0. The maximum atomic E-state index is 11.4. The summed E-state index contributed by atoms with van der Waals surface area (Å²) in [6, 6.07) is 11.1. The second kappa shape index (κ2) is 4.14. The van der Waals surface area contributed by atoms with E-state index in [-0.39, 0.29) is 11.1 Å². The van der Waals surface area contributed by atoms with E-state index in [2.05, 4.69) is 4.98 Å². The van der Waals surface area contributed by atoms with Crippen LogP contribution in [0.5, 0.6) is 0 Å². The molecular formula is C13H11NO2. The summed E-state index contributed by atoms with van der Waals surface area (Å²) in [4.78, 5) is 24.6. The van der Waals surface area contributed by atoms with E-state index < -0.39 is 0 Å². The van der Waals surface area contributed by atoms with Crippen molar-refractivity contribution in [3.05, 3.63) is 57.9 Å². The van der Waals surface area contributed by atoms with E-state index in [1.807, 2.05) is 31.2 Å². The summed E-state index contributed by atoms with van der Waals surface area (Å²) >= 11 is 0. The van der Waals surface area contributed by atoms with Gasteiger partial charge in [0.25, 0.3) is 5.56 Å². The van der Waals surface area contributed by atoms with E-state index in [1.54, 1.807) is 6.07 Å². The SMILES string of the molecule is Cc1ccc(-c2ccc(C=O)c(=O)[nH]2)cc1. The molecule has 0 radical (unpaired) electrons. The van der Waals surface area contributed by atoms with Crippen LogP contribution in [0.3, 0.4) is 0 Å². The average molecular weight is 213 g/mol. The zero-order chi connectivity index (χ0) is 11.5. The van der Waals surface area contributed by atoms with E-state index >= 15 is 0 Å². The highest BCUT2D eigenvalue weighted by Crippen LogP contribution is 2.15. The standard InChI is InChI=1S/C13H11NO2/c1-9-2-4-10(5-3-9)12-7-6-11(8-15)13(16)14-12/h2-8H,1H3,(H,14,16). The van der Waals surface area contributed by atoms with Crippen molar-refractivity contribution in [2.75, 3.05) is 0 Å². The molecule has 1 N–H and O–H groups in total. The zero-order valence-electron chi connectivity index (χ0n) is 8.86. The molecule has 1 aromatic heterocycles. The Morgan fingerprint density at radius 1 is 1.06 bits per heavy atom. The fourth-order valence-electron chi connectivity index (χ4n) is 1.48. The Hall–Kier alpha value is -2.16. The third-order valence-corrected chi connectivity index (χ3v) is 2.43. The van der Waals surface area contributed by atoms with E-state index in [9.17, 15) is 9.59 Å². The quantitative estimate of drug-likeness (QED) is 0.777. The van der Waals surface area contributed by atoms with Crippen LogP contribution in [-0.2, 0) is 0 Å². The maximum absolute atomic E-state index is 11.4. The minimum Gasteiger partial charge on any atom is -0.321 e. The van der Waals surface area contributed by atoms with Crippen LogP contribution in [0.2, 0.25) is 0 Å². The van der Waals surface area contributed by atoms with Crippen LogP contribution in [-0.4, -0.2) is 11.3 Å². The van der Waals surface area contributed by atoms with Gasteiger partial charge in [0.2, 0.25) is 0 Å². The lowest BCUT2D eigenvalue weighted by Crippen LogP contribution is -2.11. The lowest BCUT2D eigenvalue weighted by atomic mass is 10.1. The zero-order valence-corrected chi connectivity index (χ0v) is 8.86. The molecule has 0 amide bonds. The van der Waals surface area contributed by atoms with Crippen LogP contribution < -0.4 is 5.56 Å². The number of pyridine rings is 1. The van der Waals surface area contributed by atoms with Gasteiger partial charge in [-0.15, -0.1) is 0 Å². The van der Waals surface area contributed by atoms with Gasteiger partial charge >= 0.3 is 0 Å². The van der Waals surface area contributed by atoms with Gasteiger partial charge in [-0.25, -0.2) is 0 Å². The van der Waals surface area contributed by atoms with Gasteiger partial charge in [-0.3, -0.25) is 9.59 Å². The number of nitrogens with one attached hydrogen (secondary N) is 1. The molecule has 0 saturated carbocycles. The highest BCUT2D eigenvalue weighted by Gasteiger charge is 2.01. The molecule has 80 valence electrons. The van der Waals surface area contributed by atoms with Crippen LogP contribution >= 0.6 is 0 Å². The van der Waals surface area contributed by atoms with Crippen molar-refractivity contribution in [2.45, 2.75) is 6.92 Å². The number of aromatic amines is 1. The number of H-pyrrole nitrogens is 1. The lowest BCUT2D eigenvalue weighted by molar-refractivity contribution is 0.112.